The van der Waals surface area contributed by atoms with E-state index >= 15 is 0 Å². The number of hydrogen-bond donors (Lipinski definition) is 2. The minimum Gasteiger partial charge on any atom is -0.373 e. The van der Waals surface area contributed by atoms with E-state index in [4.69, 9.17) is 4.74 Å². The number of ether oxygens (including phenoxy) is 1. The smallest absolute Gasteiger partial charge is 0.251 e. The third-order valence-electron chi connectivity index (χ3n) is 4.88. The van der Waals surface area contributed by atoms with Crippen LogP contribution in [-0.4, -0.2) is 57.6 Å². The first-order valence-electron chi connectivity index (χ1n) is 10.1. The molecule has 164 valence electrons. The lowest BCUT2D eigenvalue weighted by atomic mass is 10.2. The van der Waals surface area contributed by atoms with E-state index in [0.29, 0.717) is 12.1 Å². The molecular weight excluding hydrogens is 422 g/mol. The van der Waals surface area contributed by atoms with Crippen molar-refractivity contribution in [1.82, 2.24) is 14.9 Å². The zero-order valence-electron chi connectivity index (χ0n) is 17.3. The van der Waals surface area contributed by atoms with Gasteiger partial charge in [-0.2, -0.15) is 0 Å². The first-order valence-corrected chi connectivity index (χ1v) is 12.5. The fourth-order valence-corrected chi connectivity index (χ4v) is 5.26. The van der Waals surface area contributed by atoms with Gasteiger partial charge in [0.1, 0.15) is 0 Å². The molecule has 30 heavy (non-hydrogen) atoms. The number of nitrogens with zero attached hydrogens (tertiary/aromatic N) is 1. The van der Waals surface area contributed by atoms with Crippen molar-refractivity contribution < 1.29 is 17.9 Å². The summed E-state index contributed by atoms with van der Waals surface area (Å²) in [6.07, 6.45) is 1.32. The number of sulfonamides is 1. The zero-order chi connectivity index (χ0) is 21.6. The molecule has 1 aliphatic heterocycles. The molecule has 2 aromatic rings. The summed E-state index contributed by atoms with van der Waals surface area (Å²) in [5.74, 6) is -0.200. The van der Waals surface area contributed by atoms with Crippen LogP contribution in [0, 0.1) is 0 Å². The lowest BCUT2D eigenvalue weighted by Gasteiger charge is -2.35. The summed E-state index contributed by atoms with van der Waals surface area (Å²) >= 11 is 1.49. The summed E-state index contributed by atoms with van der Waals surface area (Å²) in [6.45, 7) is 7.71. The predicted octanol–water partition coefficient (Wildman–Crippen LogP) is 2.46. The summed E-state index contributed by atoms with van der Waals surface area (Å²) in [5.41, 5.74) is 0.445. The molecule has 2 heterocycles. The number of amides is 1. The molecule has 0 radical (unpaired) electrons. The van der Waals surface area contributed by atoms with Crippen molar-refractivity contribution in [2.75, 3.05) is 26.2 Å². The van der Waals surface area contributed by atoms with Gasteiger partial charge in [0, 0.05) is 43.2 Å². The Morgan fingerprint density at radius 2 is 1.87 bits per heavy atom. The van der Waals surface area contributed by atoms with Crippen molar-refractivity contribution >= 4 is 27.3 Å². The second-order valence-corrected chi connectivity index (χ2v) is 10.4. The van der Waals surface area contributed by atoms with Gasteiger partial charge in [-0.1, -0.05) is 6.07 Å². The number of rotatable bonds is 9. The minimum atomic E-state index is -3.61. The van der Waals surface area contributed by atoms with Gasteiger partial charge in [-0.05, 0) is 56.0 Å². The van der Waals surface area contributed by atoms with Crippen LogP contribution in [0.2, 0.25) is 0 Å². The van der Waals surface area contributed by atoms with Crippen LogP contribution in [0.15, 0.2) is 46.7 Å². The van der Waals surface area contributed by atoms with Crippen molar-refractivity contribution in [3.63, 3.8) is 0 Å². The number of benzene rings is 1. The molecule has 2 unspecified atom stereocenters. The summed E-state index contributed by atoms with van der Waals surface area (Å²) in [7, 11) is -3.61. The van der Waals surface area contributed by atoms with Crippen LogP contribution >= 0.6 is 11.3 Å². The fourth-order valence-electron chi connectivity index (χ4n) is 3.52. The minimum absolute atomic E-state index is 0.145. The van der Waals surface area contributed by atoms with Crippen LogP contribution in [-0.2, 0) is 21.3 Å². The van der Waals surface area contributed by atoms with Crippen molar-refractivity contribution in [3.8, 4) is 0 Å². The van der Waals surface area contributed by atoms with Crippen LogP contribution in [0.1, 0.15) is 35.5 Å². The van der Waals surface area contributed by atoms with Gasteiger partial charge < -0.3 is 10.1 Å². The number of morpholine rings is 1. The van der Waals surface area contributed by atoms with Gasteiger partial charge in [-0.15, -0.1) is 11.3 Å². The second kappa shape index (κ2) is 10.5. The molecule has 0 bridgehead atoms. The SMILES string of the molecule is CC1CN(CCCNC(=O)c2ccc(S(=O)(=O)NCc3cccs3)cc2)CC(C)O1. The third-order valence-corrected chi connectivity index (χ3v) is 7.17. The van der Waals surface area contributed by atoms with E-state index < -0.39 is 10.0 Å². The average molecular weight is 452 g/mol. The lowest BCUT2D eigenvalue weighted by Crippen LogP contribution is -2.46. The van der Waals surface area contributed by atoms with Gasteiger partial charge in [-0.3, -0.25) is 9.69 Å². The Labute approximate surface area is 182 Å². The quantitative estimate of drug-likeness (QED) is 0.572. The molecule has 1 fully saturated rings. The fraction of sp³-hybridized carbons (Fsp3) is 0.476. The summed E-state index contributed by atoms with van der Waals surface area (Å²) in [5, 5.41) is 4.80. The maximum absolute atomic E-state index is 12.4. The number of carbonyl (C=O) groups excluding carboxylic acids is 1. The van der Waals surface area contributed by atoms with Crippen LogP contribution in [0.4, 0.5) is 0 Å². The largest absolute Gasteiger partial charge is 0.373 e. The predicted molar refractivity (Wildman–Crippen MR) is 118 cm³/mol. The van der Waals surface area contributed by atoms with E-state index in [2.05, 4.69) is 28.8 Å². The van der Waals surface area contributed by atoms with Gasteiger partial charge in [0.05, 0.1) is 17.1 Å². The van der Waals surface area contributed by atoms with E-state index in [1.165, 1.54) is 23.5 Å². The molecule has 1 saturated heterocycles. The second-order valence-electron chi connectivity index (χ2n) is 7.55. The van der Waals surface area contributed by atoms with Gasteiger partial charge >= 0.3 is 0 Å². The van der Waals surface area contributed by atoms with E-state index in [0.717, 1.165) is 30.9 Å². The van der Waals surface area contributed by atoms with E-state index in [9.17, 15) is 13.2 Å². The summed E-state index contributed by atoms with van der Waals surface area (Å²) in [6, 6.07) is 9.76. The third kappa shape index (κ3) is 6.61. The highest BCUT2D eigenvalue weighted by molar-refractivity contribution is 7.89. The molecule has 7 nitrogen and oxygen atoms in total. The van der Waals surface area contributed by atoms with Crippen molar-refractivity contribution in [3.05, 3.63) is 52.2 Å². The Morgan fingerprint density at radius 1 is 1.17 bits per heavy atom. The van der Waals surface area contributed by atoms with E-state index in [1.807, 2.05) is 17.5 Å². The van der Waals surface area contributed by atoms with Gasteiger partial charge in [-0.25, -0.2) is 13.1 Å². The summed E-state index contributed by atoms with van der Waals surface area (Å²) < 4.78 is 33.1. The summed E-state index contributed by atoms with van der Waals surface area (Å²) in [4.78, 5) is 15.8. The van der Waals surface area contributed by atoms with Crippen molar-refractivity contribution in [2.45, 2.75) is 43.9 Å². The first-order chi connectivity index (χ1) is 14.3. The molecule has 1 amide bonds. The van der Waals surface area contributed by atoms with E-state index in [-0.39, 0.29) is 29.6 Å². The average Bonchev–Trinajstić information content (AvgIpc) is 3.23. The molecule has 1 aliphatic rings. The highest BCUT2D eigenvalue weighted by Crippen LogP contribution is 2.14. The molecule has 1 aromatic heterocycles. The molecule has 1 aromatic carbocycles. The van der Waals surface area contributed by atoms with Gasteiger partial charge in [0.15, 0.2) is 0 Å². The molecule has 0 saturated carbocycles. The monoisotopic (exact) mass is 451 g/mol. The molecule has 0 aliphatic carbocycles. The Morgan fingerprint density at radius 3 is 2.50 bits per heavy atom. The van der Waals surface area contributed by atoms with E-state index in [1.54, 1.807) is 12.1 Å². The van der Waals surface area contributed by atoms with Crippen LogP contribution < -0.4 is 10.0 Å². The maximum atomic E-state index is 12.4. The first kappa shape index (κ1) is 22.9. The number of nitrogens with one attached hydrogen (secondary N) is 2. The highest BCUT2D eigenvalue weighted by atomic mass is 32.2. The highest BCUT2D eigenvalue weighted by Gasteiger charge is 2.21. The Balaban J connectivity index is 1.44. The standard InChI is InChI=1S/C21H29N3O4S2/c1-16-14-24(15-17(2)28-16)11-4-10-22-21(25)18-6-8-20(9-7-18)30(26,27)23-13-19-5-3-12-29-19/h3,5-9,12,16-17,23H,4,10-11,13-15H2,1-2H3,(H,22,25). The molecular formula is C21H29N3O4S2. The number of thiophene rings is 1. The molecule has 2 N–H and O–H groups in total. The number of hydrogen-bond acceptors (Lipinski definition) is 6. The Bertz CT molecular complexity index is 904. The van der Waals surface area contributed by atoms with Gasteiger partial charge in [0.25, 0.3) is 5.91 Å². The topological polar surface area (TPSA) is 87.7 Å². The van der Waals surface area contributed by atoms with Crippen LogP contribution in [0.3, 0.4) is 0 Å². The van der Waals surface area contributed by atoms with Crippen molar-refractivity contribution in [1.29, 1.82) is 0 Å². The Hall–Kier alpha value is -1.78. The molecule has 0 spiro atoms. The van der Waals surface area contributed by atoms with Crippen molar-refractivity contribution in [2.24, 2.45) is 0 Å². The van der Waals surface area contributed by atoms with Crippen LogP contribution in [0.25, 0.3) is 0 Å². The molecule has 2 atom stereocenters. The molecule has 9 heteroatoms. The lowest BCUT2D eigenvalue weighted by molar-refractivity contribution is -0.0680. The van der Waals surface area contributed by atoms with Gasteiger partial charge in [0.2, 0.25) is 10.0 Å². The van der Waals surface area contributed by atoms with Crippen LogP contribution in [0.5, 0.6) is 0 Å². The normalized spacial score (nSPS) is 20.2. The zero-order valence-corrected chi connectivity index (χ0v) is 19.0. The maximum Gasteiger partial charge on any atom is 0.251 e. The molecule has 3 rings (SSSR count). The Kier molecular flexibility index (Phi) is 8.01. The number of carbonyl (C=O) groups is 1.